The maximum atomic E-state index is 11.9. The largest absolute Gasteiger partial charge is 0.396 e. The number of nitrogens with zero attached hydrogens (tertiary/aromatic N) is 1. The summed E-state index contributed by atoms with van der Waals surface area (Å²) in [6.45, 7) is 3.61. The lowest BCUT2D eigenvalue weighted by molar-refractivity contribution is -0.132. The summed E-state index contributed by atoms with van der Waals surface area (Å²) in [6, 6.07) is 0.223. The molecule has 1 fully saturated rings. The van der Waals surface area contributed by atoms with Gasteiger partial charge in [-0.2, -0.15) is 0 Å². The maximum Gasteiger partial charge on any atom is 0.222 e. The van der Waals surface area contributed by atoms with E-state index in [1.807, 2.05) is 11.8 Å². The number of piperidine rings is 1. The molecule has 5 heteroatoms. The van der Waals surface area contributed by atoms with Crippen LogP contribution in [0.3, 0.4) is 0 Å². The molecule has 0 spiro atoms. The fourth-order valence-corrected chi connectivity index (χ4v) is 2.35. The highest BCUT2D eigenvalue weighted by atomic mass is 16.3. The van der Waals surface area contributed by atoms with Gasteiger partial charge in [-0.15, -0.1) is 0 Å². The van der Waals surface area contributed by atoms with Gasteiger partial charge in [-0.25, -0.2) is 0 Å². The number of amides is 2. The topological polar surface area (TPSA) is 69.6 Å². The smallest absolute Gasteiger partial charge is 0.222 e. The molecule has 0 aromatic heterocycles. The van der Waals surface area contributed by atoms with E-state index in [2.05, 4.69) is 5.32 Å². The van der Waals surface area contributed by atoms with Crippen molar-refractivity contribution in [2.45, 2.75) is 57.9 Å². The van der Waals surface area contributed by atoms with Gasteiger partial charge in [0, 0.05) is 38.6 Å². The molecular weight excluding hydrogens is 244 g/mol. The molecule has 0 bridgehead atoms. The van der Waals surface area contributed by atoms with E-state index in [1.54, 1.807) is 0 Å². The third-order valence-electron chi connectivity index (χ3n) is 3.49. The van der Waals surface area contributed by atoms with Crippen molar-refractivity contribution in [3.8, 4) is 0 Å². The molecule has 0 aromatic carbocycles. The van der Waals surface area contributed by atoms with E-state index in [0.29, 0.717) is 19.3 Å². The molecule has 0 aliphatic carbocycles. The molecule has 0 aromatic rings. The van der Waals surface area contributed by atoms with Crippen LogP contribution in [0, 0.1) is 0 Å². The van der Waals surface area contributed by atoms with Crippen LogP contribution in [0.4, 0.5) is 0 Å². The normalized spacial score (nSPS) is 16.4. The maximum absolute atomic E-state index is 11.9. The number of nitrogens with one attached hydrogen (secondary N) is 1. The second-order valence-corrected chi connectivity index (χ2v) is 5.15. The number of likely N-dealkylation sites (tertiary alicyclic amines) is 1. The highest BCUT2D eigenvalue weighted by molar-refractivity contribution is 5.77. The van der Waals surface area contributed by atoms with E-state index in [-0.39, 0.29) is 24.5 Å². The first-order valence-corrected chi connectivity index (χ1v) is 7.35. The molecule has 1 heterocycles. The van der Waals surface area contributed by atoms with Gasteiger partial charge < -0.3 is 15.3 Å². The average Bonchev–Trinajstić information content (AvgIpc) is 2.40. The third-order valence-corrected chi connectivity index (χ3v) is 3.49. The molecule has 0 atom stereocenters. The predicted molar refractivity (Wildman–Crippen MR) is 73.6 cm³/mol. The van der Waals surface area contributed by atoms with Gasteiger partial charge >= 0.3 is 0 Å². The van der Waals surface area contributed by atoms with E-state index < -0.39 is 0 Å². The van der Waals surface area contributed by atoms with Crippen LogP contribution >= 0.6 is 0 Å². The highest BCUT2D eigenvalue weighted by Gasteiger charge is 2.23. The number of rotatable bonds is 7. The summed E-state index contributed by atoms with van der Waals surface area (Å²) in [5.41, 5.74) is 0. The molecule has 2 amide bonds. The zero-order valence-corrected chi connectivity index (χ0v) is 11.9. The van der Waals surface area contributed by atoms with Gasteiger partial charge in [0.25, 0.3) is 0 Å². The highest BCUT2D eigenvalue weighted by Crippen LogP contribution is 2.12. The van der Waals surface area contributed by atoms with Crippen LogP contribution in [0.25, 0.3) is 0 Å². The van der Waals surface area contributed by atoms with Gasteiger partial charge in [-0.3, -0.25) is 9.59 Å². The summed E-state index contributed by atoms with van der Waals surface area (Å²) in [5, 5.41) is 11.7. The zero-order chi connectivity index (χ0) is 14.1. The summed E-state index contributed by atoms with van der Waals surface area (Å²) < 4.78 is 0. The molecular formula is C14H26N2O3. The minimum Gasteiger partial charge on any atom is -0.396 e. The minimum absolute atomic E-state index is 0.121. The zero-order valence-electron chi connectivity index (χ0n) is 11.9. The Morgan fingerprint density at radius 3 is 2.47 bits per heavy atom. The predicted octanol–water partition coefficient (Wildman–Crippen LogP) is 1.06. The van der Waals surface area contributed by atoms with Gasteiger partial charge in [0.15, 0.2) is 0 Å². The summed E-state index contributed by atoms with van der Waals surface area (Å²) in [7, 11) is 0. The van der Waals surface area contributed by atoms with Crippen molar-refractivity contribution in [1.29, 1.82) is 0 Å². The lowest BCUT2D eigenvalue weighted by Crippen LogP contribution is -2.46. The Morgan fingerprint density at radius 1 is 1.21 bits per heavy atom. The lowest BCUT2D eigenvalue weighted by atomic mass is 10.0. The van der Waals surface area contributed by atoms with Crippen molar-refractivity contribution in [2.24, 2.45) is 0 Å². The van der Waals surface area contributed by atoms with Crippen LogP contribution < -0.4 is 5.32 Å². The number of hydrogen-bond donors (Lipinski definition) is 2. The third kappa shape index (κ3) is 6.05. The first-order valence-electron chi connectivity index (χ1n) is 7.35. The summed E-state index contributed by atoms with van der Waals surface area (Å²) >= 11 is 0. The fraction of sp³-hybridized carbons (Fsp3) is 0.857. The van der Waals surface area contributed by atoms with Gasteiger partial charge in [0.2, 0.25) is 11.8 Å². The van der Waals surface area contributed by atoms with Gasteiger partial charge in [0.05, 0.1) is 0 Å². The quantitative estimate of drug-likeness (QED) is 0.680. The molecule has 1 saturated heterocycles. The van der Waals surface area contributed by atoms with Crippen LogP contribution in [-0.2, 0) is 9.59 Å². The molecule has 110 valence electrons. The molecule has 0 saturated carbocycles. The van der Waals surface area contributed by atoms with E-state index in [1.165, 1.54) is 0 Å². The van der Waals surface area contributed by atoms with E-state index >= 15 is 0 Å². The summed E-state index contributed by atoms with van der Waals surface area (Å²) in [5.74, 6) is 0.294. The Morgan fingerprint density at radius 2 is 1.89 bits per heavy atom. The molecule has 0 radical (unpaired) electrons. The SMILES string of the molecule is CCCC(=O)NC1CCN(C(=O)CCCCO)CC1. The molecule has 1 aliphatic heterocycles. The Hall–Kier alpha value is -1.10. The number of hydrogen-bond acceptors (Lipinski definition) is 3. The first-order chi connectivity index (χ1) is 9.17. The van der Waals surface area contributed by atoms with Gasteiger partial charge in [-0.1, -0.05) is 6.92 Å². The second kappa shape index (κ2) is 8.91. The monoisotopic (exact) mass is 270 g/mol. The fourth-order valence-electron chi connectivity index (χ4n) is 2.35. The molecule has 2 N–H and O–H groups in total. The van der Waals surface area contributed by atoms with Crippen molar-refractivity contribution >= 4 is 11.8 Å². The van der Waals surface area contributed by atoms with E-state index in [4.69, 9.17) is 5.11 Å². The number of aliphatic hydroxyl groups excluding tert-OH is 1. The van der Waals surface area contributed by atoms with Crippen molar-refractivity contribution < 1.29 is 14.7 Å². The van der Waals surface area contributed by atoms with Gasteiger partial charge in [0.1, 0.15) is 0 Å². The lowest BCUT2D eigenvalue weighted by Gasteiger charge is -2.32. The molecule has 0 unspecified atom stereocenters. The average molecular weight is 270 g/mol. The summed E-state index contributed by atoms with van der Waals surface area (Å²) in [6.07, 6.45) is 5.11. The summed E-state index contributed by atoms with van der Waals surface area (Å²) in [4.78, 5) is 25.2. The van der Waals surface area contributed by atoms with Crippen LogP contribution in [0.15, 0.2) is 0 Å². The first kappa shape index (κ1) is 16.0. The Balaban J connectivity index is 2.21. The minimum atomic E-state index is 0.121. The number of unbranched alkanes of at least 4 members (excludes halogenated alkanes) is 1. The Kier molecular flexibility index (Phi) is 7.48. The number of carbonyl (C=O) groups excluding carboxylic acids is 2. The standard InChI is InChI=1S/C14H26N2O3/c1-2-5-13(18)15-12-7-9-16(10-8-12)14(19)6-3-4-11-17/h12,17H,2-11H2,1H3,(H,15,18). The van der Waals surface area contributed by atoms with Crippen molar-refractivity contribution in [1.82, 2.24) is 10.2 Å². The van der Waals surface area contributed by atoms with Crippen molar-refractivity contribution in [2.75, 3.05) is 19.7 Å². The van der Waals surface area contributed by atoms with Crippen molar-refractivity contribution in [3.63, 3.8) is 0 Å². The Labute approximate surface area is 115 Å². The van der Waals surface area contributed by atoms with E-state index in [0.717, 1.165) is 38.8 Å². The molecule has 1 rings (SSSR count). The number of carbonyl (C=O) groups is 2. The number of aliphatic hydroxyl groups is 1. The molecule has 1 aliphatic rings. The molecule has 19 heavy (non-hydrogen) atoms. The van der Waals surface area contributed by atoms with Crippen LogP contribution in [0.2, 0.25) is 0 Å². The van der Waals surface area contributed by atoms with Gasteiger partial charge in [-0.05, 0) is 32.1 Å². The Bertz CT molecular complexity index is 286. The van der Waals surface area contributed by atoms with Crippen LogP contribution in [0.1, 0.15) is 51.9 Å². The second-order valence-electron chi connectivity index (χ2n) is 5.15. The van der Waals surface area contributed by atoms with Crippen LogP contribution in [-0.4, -0.2) is 47.6 Å². The molecule has 5 nitrogen and oxygen atoms in total. The van der Waals surface area contributed by atoms with E-state index in [9.17, 15) is 9.59 Å². The van der Waals surface area contributed by atoms with Crippen molar-refractivity contribution in [3.05, 3.63) is 0 Å². The van der Waals surface area contributed by atoms with Crippen LogP contribution in [0.5, 0.6) is 0 Å².